The molecule has 1 atom stereocenters. The lowest BCUT2D eigenvalue weighted by Crippen LogP contribution is -2.39. The number of hydrogen-bond acceptors (Lipinski definition) is 6. The van der Waals surface area contributed by atoms with Crippen molar-refractivity contribution < 1.29 is 19.0 Å². The van der Waals surface area contributed by atoms with E-state index in [2.05, 4.69) is 0 Å². The van der Waals surface area contributed by atoms with Gasteiger partial charge in [0.05, 0.1) is 29.2 Å². The number of benzene rings is 3. The van der Waals surface area contributed by atoms with Crippen molar-refractivity contribution in [2.24, 2.45) is 0 Å². The van der Waals surface area contributed by atoms with Gasteiger partial charge < -0.3 is 19.1 Å². The third-order valence-corrected chi connectivity index (χ3v) is 6.95. The molecule has 8 nitrogen and oxygen atoms in total. The van der Waals surface area contributed by atoms with Crippen LogP contribution < -0.4 is 15.0 Å². The zero-order chi connectivity index (χ0) is 26.1. The van der Waals surface area contributed by atoms with Crippen LogP contribution in [0.25, 0.3) is 16.6 Å². The summed E-state index contributed by atoms with van der Waals surface area (Å²) in [6.07, 6.45) is 0. The Bertz CT molecular complexity index is 1550. The molecule has 0 saturated carbocycles. The number of fused-ring (bicyclic) bond motifs is 2. The minimum absolute atomic E-state index is 0.114. The minimum Gasteiger partial charge on any atom is -0.454 e. The maximum atomic E-state index is 13.8. The fraction of sp³-hybridized carbons (Fsp3) is 0.250. The Morgan fingerprint density at radius 1 is 1.14 bits per heavy atom. The molecule has 1 aliphatic rings. The number of rotatable bonds is 7. The second-order valence-electron chi connectivity index (χ2n) is 8.75. The van der Waals surface area contributed by atoms with Crippen LogP contribution in [0.4, 0.5) is 0 Å². The van der Waals surface area contributed by atoms with Crippen LogP contribution in [-0.4, -0.2) is 47.4 Å². The van der Waals surface area contributed by atoms with Crippen LogP contribution in [0.1, 0.15) is 34.7 Å². The molecule has 0 saturated heterocycles. The third kappa shape index (κ3) is 4.54. The number of aromatic nitrogens is 2. The number of ether oxygens (including phenoxy) is 3. The van der Waals surface area contributed by atoms with Gasteiger partial charge in [0, 0.05) is 24.2 Å². The number of para-hydroxylation sites is 1. The Morgan fingerprint density at radius 2 is 1.92 bits per heavy atom. The summed E-state index contributed by atoms with van der Waals surface area (Å²) in [5.74, 6) is 1.27. The molecule has 0 fully saturated rings. The predicted molar refractivity (Wildman–Crippen MR) is 141 cm³/mol. The van der Waals surface area contributed by atoms with E-state index in [0.717, 1.165) is 5.56 Å². The number of carbonyl (C=O) groups excluding carboxylic acids is 1. The summed E-state index contributed by atoms with van der Waals surface area (Å²) in [7, 11) is 1.58. The van der Waals surface area contributed by atoms with Crippen LogP contribution in [0, 0.1) is 6.92 Å². The standard InChI is InChI=1S/C28H26ClN3O5/c1-17-21(29)8-6-10-23(17)32-26(30-22-9-5-4-7-20(22)28(32)34)18(2)31(13-14-35-3)27(33)19-11-12-24-25(15-19)37-16-36-24/h4-12,15,18H,13-14,16H2,1-3H3. The molecule has 4 aromatic rings. The molecular formula is C28H26ClN3O5. The zero-order valence-electron chi connectivity index (χ0n) is 20.7. The van der Waals surface area contributed by atoms with Gasteiger partial charge in [-0.15, -0.1) is 0 Å². The van der Waals surface area contributed by atoms with E-state index in [0.29, 0.717) is 51.1 Å². The maximum absolute atomic E-state index is 13.8. The fourth-order valence-corrected chi connectivity index (χ4v) is 4.67. The van der Waals surface area contributed by atoms with Crippen LogP contribution in [-0.2, 0) is 4.74 Å². The highest BCUT2D eigenvalue weighted by Crippen LogP contribution is 2.34. The van der Waals surface area contributed by atoms with Crippen LogP contribution in [0.3, 0.4) is 0 Å². The van der Waals surface area contributed by atoms with Gasteiger partial charge >= 0.3 is 0 Å². The van der Waals surface area contributed by atoms with Gasteiger partial charge in [0.1, 0.15) is 5.82 Å². The quantitative estimate of drug-likeness (QED) is 0.344. The molecule has 5 rings (SSSR count). The van der Waals surface area contributed by atoms with Crippen LogP contribution in [0.15, 0.2) is 65.5 Å². The first-order valence-corrected chi connectivity index (χ1v) is 12.2. The first kappa shape index (κ1) is 24.8. The Balaban J connectivity index is 1.67. The fourth-order valence-electron chi connectivity index (χ4n) is 4.50. The van der Waals surface area contributed by atoms with Crippen LogP contribution in [0.5, 0.6) is 11.5 Å². The average molecular weight is 520 g/mol. The maximum Gasteiger partial charge on any atom is 0.266 e. The van der Waals surface area contributed by atoms with Crippen molar-refractivity contribution in [1.29, 1.82) is 0 Å². The number of nitrogens with zero attached hydrogens (tertiary/aromatic N) is 3. The van der Waals surface area contributed by atoms with Gasteiger partial charge in [0.25, 0.3) is 11.5 Å². The highest BCUT2D eigenvalue weighted by Gasteiger charge is 2.29. The Kier molecular flexibility index (Phi) is 6.86. The molecule has 3 aromatic carbocycles. The molecule has 0 N–H and O–H groups in total. The van der Waals surface area contributed by atoms with E-state index >= 15 is 0 Å². The number of carbonyl (C=O) groups is 1. The summed E-state index contributed by atoms with van der Waals surface area (Å²) in [6.45, 7) is 4.40. The lowest BCUT2D eigenvalue weighted by Gasteiger charge is -2.31. The van der Waals surface area contributed by atoms with E-state index in [4.69, 9.17) is 30.8 Å². The van der Waals surface area contributed by atoms with Gasteiger partial charge in [0.15, 0.2) is 11.5 Å². The van der Waals surface area contributed by atoms with Crippen molar-refractivity contribution in [3.63, 3.8) is 0 Å². The Hall–Kier alpha value is -3.88. The number of methoxy groups -OCH3 is 1. The molecule has 1 unspecified atom stereocenters. The van der Waals surface area contributed by atoms with Crippen molar-refractivity contribution in [3.8, 4) is 17.2 Å². The number of halogens is 1. The molecule has 1 aliphatic heterocycles. The first-order valence-electron chi connectivity index (χ1n) is 11.9. The monoisotopic (exact) mass is 519 g/mol. The molecule has 0 radical (unpaired) electrons. The summed E-state index contributed by atoms with van der Waals surface area (Å²) in [6, 6.07) is 17.1. The van der Waals surface area contributed by atoms with Crippen LogP contribution in [0.2, 0.25) is 5.02 Å². The summed E-state index contributed by atoms with van der Waals surface area (Å²) in [5.41, 5.74) is 2.09. The Labute approximate surface area is 219 Å². The topological polar surface area (TPSA) is 82.9 Å². The Morgan fingerprint density at radius 3 is 2.73 bits per heavy atom. The van der Waals surface area contributed by atoms with Crippen molar-refractivity contribution in [3.05, 3.63) is 93.0 Å². The lowest BCUT2D eigenvalue weighted by molar-refractivity contribution is 0.0605. The molecule has 9 heteroatoms. The van der Waals surface area contributed by atoms with Crippen molar-refractivity contribution in [2.45, 2.75) is 19.9 Å². The molecule has 1 amide bonds. The minimum atomic E-state index is -0.594. The second-order valence-corrected chi connectivity index (χ2v) is 9.15. The van der Waals surface area contributed by atoms with E-state index < -0.39 is 6.04 Å². The molecule has 0 bridgehead atoms. The summed E-state index contributed by atoms with van der Waals surface area (Å²) in [5, 5.41) is 1.01. The highest BCUT2D eigenvalue weighted by atomic mass is 35.5. The van der Waals surface area contributed by atoms with Gasteiger partial charge in [-0.3, -0.25) is 14.2 Å². The van der Waals surface area contributed by atoms with E-state index in [-0.39, 0.29) is 24.8 Å². The lowest BCUT2D eigenvalue weighted by atomic mass is 10.1. The smallest absolute Gasteiger partial charge is 0.266 e. The van der Waals surface area contributed by atoms with Crippen molar-refractivity contribution >= 4 is 28.4 Å². The SMILES string of the molecule is COCCN(C(=O)c1ccc2c(c1)OCO2)C(C)c1nc2ccccc2c(=O)n1-c1cccc(Cl)c1C. The zero-order valence-corrected chi connectivity index (χ0v) is 21.5. The van der Waals surface area contributed by atoms with E-state index in [1.165, 1.54) is 0 Å². The number of amides is 1. The average Bonchev–Trinajstić information content (AvgIpc) is 3.38. The largest absolute Gasteiger partial charge is 0.454 e. The molecule has 1 aromatic heterocycles. The second kappa shape index (κ2) is 10.2. The summed E-state index contributed by atoms with van der Waals surface area (Å²) >= 11 is 6.44. The molecule has 0 aliphatic carbocycles. The van der Waals surface area contributed by atoms with Gasteiger partial charge in [0.2, 0.25) is 6.79 Å². The number of hydrogen-bond donors (Lipinski definition) is 0. The van der Waals surface area contributed by atoms with Gasteiger partial charge in [-0.05, 0) is 61.9 Å². The molecule has 190 valence electrons. The van der Waals surface area contributed by atoms with E-state index in [1.807, 2.05) is 26.0 Å². The van der Waals surface area contributed by atoms with Crippen molar-refractivity contribution in [2.75, 3.05) is 27.1 Å². The van der Waals surface area contributed by atoms with Gasteiger partial charge in [-0.1, -0.05) is 29.8 Å². The highest BCUT2D eigenvalue weighted by molar-refractivity contribution is 6.31. The molecule has 0 spiro atoms. The normalized spacial score (nSPS) is 13.1. The van der Waals surface area contributed by atoms with E-state index in [9.17, 15) is 9.59 Å². The summed E-state index contributed by atoms with van der Waals surface area (Å²) in [4.78, 5) is 34.2. The molecule has 37 heavy (non-hydrogen) atoms. The van der Waals surface area contributed by atoms with Gasteiger partial charge in [-0.2, -0.15) is 0 Å². The van der Waals surface area contributed by atoms with Crippen molar-refractivity contribution in [1.82, 2.24) is 14.5 Å². The summed E-state index contributed by atoms with van der Waals surface area (Å²) < 4.78 is 17.7. The first-order chi connectivity index (χ1) is 17.9. The molecular weight excluding hydrogens is 494 g/mol. The van der Waals surface area contributed by atoms with E-state index in [1.54, 1.807) is 65.1 Å². The predicted octanol–water partition coefficient (Wildman–Crippen LogP) is 4.93. The van der Waals surface area contributed by atoms with Gasteiger partial charge in [-0.25, -0.2) is 4.98 Å². The van der Waals surface area contributed by atoms with Crippen LogP contribution >= 0.6 is 11.6 Å². The third-order valence-electron chi connectivity index (χ3n) is 6.54. The molecule has 2 heterocycles.